The Morgan fingerprint density at radius 3 is 2.79 bits per heavy atom. The molecule has 1 aromatic rings. The fourth-order valence-corrected chi connectivity index (χ4v) is 1.58. The molecule has 0 unspecified atom stereocenters. The van der Waals surface area contributed by atoms with Crippen molar-refractivity contribution in [1.29, 1.82) is 0 Å². The van der Waals surface area contributed by atoms with E-state index in [-0.39, 0.29) is 5.97 Å². The molecule has 0 radical (unpaired) electrons. The smallest absolute Gasteiger partial charge is 0.339 e. The van der Waals surface area contributed by atoms with Crippen molar-refractivity contribution in [3.05, 3.63) is 23.4 Å². The van der Waals surface area contributed by atoms with Gasteiger partial charge in [-0.2, -0.15) is 0 Å². The molecule has 0 aliphatic heterocycles. The Morgan fingerprint density at radius 2 is 2.16 bits per heavy atom. The van der Waals surface area contributed by atoms with Gasteiger partial charge in [-0.25, -0.2) is 9.78 Å². The number of anilines is 1. The van der Waals surface area contributed by atoms with Crippen molar-refractivity contribution < 1.29 is 14.3 Å². The van der Waals surface area contributed by atoms with Crippen LogP contribution in [0.2, 0.25) is 0 Å². The lowest BCUT2D eigenvalue weighted by atomic mass is 10.2. The average molecular weight is 266 g/mol. The van der Waals surface area contributed by atoms with Crippen molar-refractivity contribution >= 4 is 11.8 Å². The van der Waals surface area contributed by atoms with Crippen molar-refractivity contribution in [2.75, 3.05) is 32.2 Å². The number of hydrogen-bond acceptors (Lipinski definition) is 5. The first-order valence-corrected chi connectivity index (χ1v) is 6.56. The summed E-state index contributed by atoms with van der Waals surface area (Å²) in [6.45, 7) is 6.07. The van der Waals surface area contributed by atoms with E-state index in [4.69, 9.17) is 4.74 Å². The van der Waals surface area contributed by atoms with Crippen LogP contribution in [0, 0.1) is 6.92 Å². The predicted molar refractivity (Wildman–Crippen MR) is 74.5 cm³/mol. The third-order valence-corrected chi connectivity index (χ3v) is 2.69. The van der Waals surface area contributed by atoms with Crippen LogP contribution in [0.15, 0.2) is 12.1 Å². The Kier molecular flexibility index (Phi) is 6.89. The monoisotopic (exact) mass is 266 g/mol. The van der Waals surface area contributed by atoms with E-state index in [2.05, 4.69) is 22.0 Å². The highest BCUT2D eigenvalue weighted by Gasteiger charge is 2.10. The minimum absolute atomic E-state index is 0.362. The zero-order valence-corrected chi connectivity index (χ0v) is 11.9. The Bertz CT molecular complexity index is 408. The van der Waals surface area contributed by atoms with Crippen LogP contribution in [-0.2, 0) is 9.47 Å². The predicted octanol–water partition coefficient (Wildman–Crippen LogP) is 2.41. The van der Waals surface area contributed by atoms with Crippen LogP contribution in [0.5, 0.6) is 0 Å². The van der Waals surface area contributed by atoms with Crippen LogP contribution in [0.4, 0.5) is 5.82 Å². The number of hydrogen-bond donors (Lipinski definition) is 1. The molecule has 5 nitrogen and oxygen atoms in total. The van der Waals surface area contributed by atoms with Crippen molar-refractivity contribution in [3.63, 3.8) is 0 Å². The number of rotatable bonds is 8. The molecular weight excluding hydrogens is 244 g/mol. The Labute approximate surface area is 114 Å². The molecule has 1 rings (SSSR count). The van der Waals surface area contributed by atoms with Gasteiger partial charge in [-0.1, -0.05) is 13.3 Å². The third kappa shape index (κ3) is 5.26. The lowest BCUT2D eigenvalue weighted by Gasteiger charge is -2.09. The van der Waals surface area contributed by atoms with Crippen molar-refractivity contribution in [2.24, 2.45) is 0 Å². The summed E-state index contributed by atoms with van der Waals surface area (Å²) in [5, 5.41) is 3.16. The van der Waals surface area contributed by atoms with Crippen molar-refractivity contribution in [1.82, 2.24) is 4.98 Å². The van der Waals surface area contributed by atoms with Gasteiger partial charge >= 0.3 is 5.97 Å². The number of esters is 1. The van der Waals surface area contributed by atoms with Crippen LogP contribution in [0.25, 0.3) is 0 Å². The summed E-state index contributed by atoms with van der Waals surface area (Å²) in [7, 11) is 1.36. The number of ether oxygens (including phenoxy) is 2. The highest BCUT2D eigenvalue weighted by Crippen LogP contribution is 2.11. The molecule has 0 aliphatic rings. The zero-order valence-electron chi connectivity index (χ0n) is 11.9. The van der Waals surface area contributed by atoms with E-state index in [0.717, 1.165) is 25.3 Å². The second-order valence-corrected chi connectivity index (χ2v) is 4.21. The standard InChI is InChI=1S/C14H22N2O3/c1-4-5-9-19-10-8-15-13-7-6-12(11(2)16-13)14(17)18-3/h6-7H,4-5,8-10H2,1-3H3,(H,15,16). The zero-order chi connectivity index (χ0) is 14.1. The van der Waals surface area contributed by atoms with Gasteiger partial charge in [-0.05, 0) is 25.5 Å². The molecule has 0 spiro atoms. The van der Waals surface area contributed by atoms with Crippen LogP contribution in [-0.4, -0.2) is 37.8 Å². The molecule has 0 aliphatic carbocycles. The summed E-state index contributed by atoms with van der Waals surface area (Å²) in [5.41, 5.74) is 1.15. The second-order valence-electron chi connectivity index (χ2n) is 4.21. The van der Waals surface area contributed by atoms with Gasteiger partial charge in [0.1, 0.15) is 5.82 Å². The molecule has 19 heavy (non-hydrogen) atoms. The van der Waals surface area contributed by atoms with E-state index in [0.29, 0.717) is 24.4 Å². The number of unbranched alkanes of at least 4 members (excludes halogenated alkanes) is 1. The first-order valence-electron chi connectivity index (χ1n) is 6.56. The Balaban J connectivity index is 2.39. The summed E-state index contributed by atoms with van der Waals surface area (Å²) in [4.78, 5) is 15.7. The second kappa shape index (κ2) is 8.48. The van der Waals surface area contributed by atoms with E-state index in [1.807, 2.05) is 0 Å². The Morgan fingerprint density at radius 1 is 1.37 bits per heavy atom. The molecule has 0 bridgehead atoms. The minimum Gasteiger partial charge on any atom is -0.465 e. The molecule has 1 heterocycles. The number of nitrogens with one attached hydrogen (secondary N) is 1. The number of aromatic nitrogens is 1. The van der Waals surface area contributed by atoms with Crippen molar-refractivity contribution in [3.8, 4) is 0 Å². The molecule has 0 saturated carbocycles. The largest absolute Gasteiger partial charge is 0.465 e. The van der Waals surface area contributed by atoms with E-state index in [1.54, 1.807) is 19.1 Å². The maximum atomic E-state index is 11.4. The summed E-state index contributed by atoms with van der Waals surface area (Å²) in [6.07, 6.45) is 2.23. The molecule has 1 N–H and O–H groups in total. The van der Waals surface area contributed by atoms with Gasteiger partial charge in [0, 0.05) is 13.2 Å². The average Bonchev–Trinajstić information content (AvgIpc) is 2.42. The first kappa shape index (κ1) is 15.4. The van der Waals surface area contributed by atoms with Gasteiger partial charge in [-0.3, -0.25) is 0 Å². The summed E-state index contributed by atoms with van der Waals surface area (Å²) < 4.78 is 10.1. The number of carbonyl (C=O) groups is 1. The molecule has 0 atom stereocenters. The molecule has 0 aromatic carbocycles. The minimum atomic E-state index is -0.362. The van der Waals surface area contributed by atoms with E-state index in [1.165, 1.54) is 7.11 Å². The van der Waals surface area contributed by atoms with Crippen LogP contribution >= 0.6 is 0 Å². The normalized spacial score (nSPS) is 10.3. The number of aryl methyl sites for hydroxylation is 1. The van der Waals surface area contributed by atoms with E-state index >= 15 is 0 Å². The Hall–Kier alpha value is -1.62. The molecular formula is C14H22N2O3. The molecule has 5 heteroatoms. The van der Waals surface area contributed by atoms with Gasteiger partial charge in [-0.15, -0.1) is 0 Å². The van der Waals surface area contributed by atoms with Gasteiger partial charge in [0.25, 0.3) is 0 Å². The maximum absolute atomic E-state index is 11.4. The maximum Gasteiger partial charge on any atom is 0.339 e. The number of carbonyl (C=O) groups excluding carboxylic acids is 1. The molecule has 106 valence electrons. The third-order valence-electron chi connectivity index (χ3n) is 2.69. The molecule has 0 saturated heterocycles. The highest BCUT2D eigenvalue weighted by molar-refractivity contribution is 5.90. The number of pyridine rings is 1. The lowest BCUT2D eigenvalue weighted by molar-refractivity contribution is 0.0599. The van der Waals surface area contributed by atoms with Crippen molar-refractivity contribution in [2.45, 2.75) is 26.7 Å². The quantitative estimate of drug-likeness (QED) is 0.578. The van der Waals surface area contributed by atoms with Crippen LogP contribution < -0.4 is 5.32 Å². The van der Waals surface area contributed by atoms with E-state index in [9.17, 15) is 4.79 Å². The summed E-state index contributed by atoms with van der Waals surface area (Å²) >= 11 is 0. The molecule has 1 aromatic heterocycles. The number of methoxy groups -OCH3 is 1. The SMILES string of the molecule is CCCCOCCNc1ccc(C(=O)OC)c(C)n1. The topological polar surface area (TPSA) is 60.5 Å². The van der Waals surface area contributed by atoms with Gasteiger partial charge in [0.05, 0.1) is 25.0 Å². The first-order chi connectivity index (χ1) is 9.19. The summed E-state index contributed by atoms with van der Waals surface area (Å²) in [6, 6.07) is 3.49. The highest BCUT2D eigenvalue weighted by atomic mass is 16.5. The van der Waals surface area contributed by atoms with Gasteiger partial charge in [0.2, 0.25) is 0 Å². The van der Waals surface area contributed by atoms with Gasteiger partial charge in [0.15, 0.2) is 0 Å². The van der Waals surface area contributed by atoms with E-state index < -0.39 is 0 Å². The lowest BCUT2D eigenvalue weighted by Crippen LogP contribution is -2.12. The van der Waals surface area contributed by atoms with Crippen LogP contribution in [0.3, 0.4) is 0 Å². The number of nitrogens with zero attached hydrogens (tertiary/aromatic N) is 1. The fraction of sp³-hybridized carbons (Fsp3) is 0.571. The fourth-order valence-electron chi connectivity index (χ4n) is 1.58. The van der Waals surface area contributed by atoms with Gasteiger partial charge < -0.3 is 14.8 Å². The molecule has 0 amide bonds. The van der Waals surface area contributed by atoms with Crippen LogP contribution in [0.1, 0.15) is 35.8 Å². The summed E-state index contributed by atoms with van der Waals surface area (Å²) in [5.74, 6) is 0.378. The molecule has 0 fully saturated rings.